The van der Waals surface area contributed by atoms with E-state index >= 15 is 0 Å². The second-order valence-corrected chi connectivity index (χ2v) is 6.40. The van der Waals surface area contributed by atoms with E-state index in [1.54, 1.807) is 12.1 Å². The second kappa shape index (κ2) is 8.22. The fraction of sp³-hybridized carbons (Fsp3) is 0.316. The molecule has 142 valence electrons. The summed E-state index contributed by atoms with van der Waals surface area (Å²) in [5.41, 5.74) is 1.17. The maximum Gasteiger partial charge on any atom is 0.269 e. The number of Topliss-reactive ketones (excluding diaryl/α,β-unsaturated/α-hetero) is 1. The van der Waals surface area contributed by atoms with Crippen molar-refractivity contribution >= 4 is 17.2 Å². The van der Waals surface area contributed by atoms with Crippen LogP contribution in [0.2, 0.25) is 0 Å². The molecule has 2 aromatic carbocycles. The molecule has 0 amide bonds. The highest BCUT2D eigenvalue weighted by atomic mass is 19.2. The minimum absolute atomic E-state index is 0.0631. The van der Waals surface area contributed by atoms with E-state index in [1.165, 1.54) is 18.2 Å². The first-order valence-corrected chi connectivity index (χ1v) is 8.64. The largest absolute Gasteiger partial charge is 0.369 e. The van der Waals surface area contributed by atoms with E-state index in [2.05, 4.69) is 9.80 Å². The van der Waals surface area contributed by atoms with Crippen LogP contribution in [0, 0.1) is 21.7 Å². The molecule has 0 aromatic heterocycles. The van der Waals surface area contributed by atoms with Crippen molar-refractivity contribution in [3.63, 3.8) is 0 Å². The highest BCUT2D eigenvalue weighted by molar-refractivity contribution is 5.96. The zero-order valence-corrected chi connectivity index (χ0v) is 14.6. The topological polar surface area (TPSA) is 66.7 Å². The molecule has 1 aliphatic heterocycles. The van der Waals surface area contributed by atoms with Crippen LogP contribution in [0.15, 0.2) is 42.5 Å². The second-order valence-electron chi connectivity index (χ2n) is 6.40. The average Bonchev–Trinajstić information content (AvgIpc) is 2.68. The minimum Gasteiger partial charge on any atom is -0.369 e. The van der Waals surface area contributed by atoms with Crippen LogP contribution in [0.4, 0.5) is 20.2 Å². The lowest BCUT2D eigenvalue weighted by Gasteiger charge is -2.36. The molecule has 1 aliphatic rings. The molecule has 0 unspecified atom stereocenters. The molecular formula is C19H19F2N3O3. The van der Waals surface area contributed by atoms with Crippen molar-refractivity contribution in [2.45, 2.75) is 6.42 Å². The highest BCUT2D eigenvalue weighted by Crippen LogP contribution is 2.21. The Balaban J connectivity index is 1.48. The van der Waals surface area contributed by atoms with Gasteiger partial charge < -0.3 is 4.90 Å². The molecule has 2 aromatic rings. The summed E-state index contributed by atoms with van der Waals surface area (Å²) in [6, 6.07) is 9.65. The van der Waals surface area contributed by atoms with Gasteiger partial charge in [0.05, 0.1) is 4.92 Å². The molecule has 1 heterocycles. The van der Waals surface area contributed by atoms with Gasteiger partial charge in [-0.05, 0) is 30.3 Å². The van der Waals surface area contributed by atoms with Gasteiger partial charge in [-0.25, -0.2) is 8.78 Å². The molecule has 0 atom stereocenters. The molecule has 0 radical (unpaired) electrons. The summed E-state index contributed by atoms with van der Waals surface area (Å²) in [5, 5.41) is 10.7. The van der Waals surface area contributed by atoms with Gasteiger partial charge in [-0.15, -0.1) is 0 Å². The number of ketones is 1. The first-order valence-electron chi connectivity index (χ1n) is 8.64. The molecule has 3 rings (SSSR count). The maximum atomic E-state index is 13.2. The van der Waals surface area contributed by atoms with Gasteiger partial charge in [-0.1, -0.05) is 0 Å². The van der Waals surface area contributed by atoms with Crippen molar-refractivity contribution in [3.8, 4) is 0 Å². The van der Waals surface area contributed by atoms with Crippen molar-refractivity contribution in [2.75, 3.05) is 37.6 Å². The lowest BCUT2D eigenvalue weighted by molar-refractivity contribution is -0.384. The van der Waals surface area contributed by atoms with Gasteiger partial charge in [0.1, 0.15) is 0 Å². The summed E-state index contributed by atoms with van der Waals surface area (Å²) < 4.78 is 26.2. The molecule has 0 aliphatic carbocycles. The van der Waals surface area contributed by atoms with E-state index in [-0.39, 0.29) is 23.5 Å². The number of rotatable bonds is 6. The Labute approximate surface area is 155 Å². The summed E-state index contributed by atoms with van der Waals surface area (Å²) in [5.74, 6) is -2.20. The number of nitrogens with zero attached hydrogens (tertiary/aromatic N) is 3. The molecule has 27 heavy (non-hydrogen) atoms. The Bertz CT molecular complexity index is 835. The highest BCUT2D eigenvalue weighted by Gasteiger charge is 2.19. The number of piperazine rings is 1. The number of benzene rings is 2. The maximum absolute atomic E-state index is 13.2. The number of nitro groups is 1. The van der Waals surface area contributed by atoms with Gasteiger partial charge in [0.15, 0.2) is 17.4 Å². The predicted octanol–water partition coefficient (Wildman–Crippen LogP) is 3.27. The van der Waals surface area contributed by atoms with Crippen molar-refractivity contribution in [1.29, 1.82) is 0 Å². The molecule has 1 fully saturated rings. The number of anilines is 1. The van der Waals surface area contributed by atoms with Crippen molar-refractivity contribution in [1.82, 2.24) is 4.90 Å². The summed E-state index contributed by atoms with van der Waals surface area (Å²) in [7, 11) is 0. The van der Waals surface area contributed by atoms with E-state index < -0.39 is 16.6 Å². The molecular weight excluding hydrogens is 356 g/mol. The van der Waals surface area contributed by atoms with Gasteiger partial charge >= 0.3 is 0 Å². The van der Waals surface area contributed by atoms with Crippen LogP contribution in [0.3, 0.4) is 0 Å². The van der Waals surface area contributed by atoms with Gasteiger partial charge in [0.25, 0.3) is 5.69 Å². The normalized spacial score (nSPS) is 15.0. The minimum atomic E-state index is -1.02. The van der Waals surface area contributed by atoms with E-state index in [0.29, 0.717) is 6.54 Å². The van der Waals surface area contributed by atoms with Gasteiger partial charge in [0, 0.05) is 62.5 Å². The van der Waals surface area contributed by atoms with Crippen molar-refractivity contribution in [2.24, 2.45) is 0 Å². The number of carbonyl (C=O) groups is 1. The summed E-state index contributed by atoms with van der Waals surface area (Å²) in [6.07, 6.45) is 0.239. The third-order valence-electron chi connectivity index (χ3n) is 4.69. The van der Waals surface area contributed by atoms with E-state index in [1.807, 2.05) is 0 Å². The standard InChI is InChI=1S/C19H19F2N3O3/c20-17-6-1-14(13-18(17)21)19(25)7-8-22-9-11-23(12-10-22)15-2-4-16(5-3-15)24(26)27/h1-6,13H,7-12H2. The number of nitro benzene ring substituents is 1. The molecule has 0 bridgehead atoms. The zero-order valence-electron chi connectivity index (χ0n) is 14.6. The van der Waals surface area contributed by atoms with Gasteiger partial charge in [-0.3, -0.25) is 19.8 Å². The summed E-state index contributed by atoms with van der Waals surface area (Å²) in [4.78, 5) is 26.7. The molecule has 1 saturated heterocycles. The van der Waals surface area contributed by atoms with Gasteiger partial charge in [-0.2, -0.15) is 0 Å². The van der Waals surface area contributed by atoms with Crippen LogP contribution >= 0.6 is 0 Å². The number of carbonyl (C=O) groups excluding carboxylic acids is 1. The smallest absolute Gasteiger partial charge is 0.269 e. The monoisotopic (exact) mass is 375 g/mol. The first-order chi connectivity index (χ1) is 12.9. The van der Waals surface area contributed by atoms with Crippen molar-refractivity contribution in [3.05, 3.63) is 69.8 Å². The third kappa shape index (κ3) is 4.65. The number of non-ortho nitro benzene ring substituents is 1. The Morgan fingerprint density at radius 2 is 1.67 bits per heavy atom. The van der Waals surface area contributed by atoms with Crippen LogP contribution in [-0.4, -0.2) is 48.3 Å². The van der Waals surface area contributed by atoms with E-state index in [9.17, 15) is 23.7 Å². The quantitative estimate of drug-likeness (QED) is 0.440. The van der Waals surface area contributed by atoms with E-state index in [4.69, 9.17) is 0 Å². The van der Waals surface area contributed by atoms with Crippen LogP contribution < -0.4 is 4.90 Å². The van der Waals surface area contributed by atoms with Crippen molar-refractivity contribution < 1.29 is 18.5 Å². The van der Waals surface area contributed by atoms with Gasteiger partial charge in [0.2, 0.25) is 0 Å². The Morgan fingerprint density at radius 3 is 2.26 bits per heavy atom. The predicted molar refractivity (Wildman–Crippen MR) is 97.1 cm³/mol. The van der Waals surface area contributed by atoms with Crippen LogP contribution in [0.25, 0.3) is 0 Å². The molecule has 0 N–H and O–H groups in total. The lowest BCUT2D eigenvalue weighted by Crippen LogP contribution is -2.46. The fourth-order valence-electron chi connectivity index (χ4n) is 3.09. The molecule has 8 heteroatoms. The van der Waals surface area contributed by atoms with E-state index in [0.717, 1.165) is 44.0 Å². The number of hydrogen-bond acceptors (Lipinski definition) is 5. The fourth-order valence-corrected chi connectivity index (χ4v) is 3.09. The average molecular weight is 375 g/mol. The Kier molecular flexibility index (Phi) is 5.75. The third-order valence-corrected chi connectivity index (χ3v) is 4.69. The SMILES string of the molecule is O=C(CCN1CCN(c2ccc([N+](=O)[O-])cc2)CC1)c1ccc(F)c(F)c1. The summed E-state index contributed by atoms with van der Waals surface area (Å²) in [6.45, 7) is 3.55. The molecule has 6 nitrogen and oxygen atoms in total. The Hall–Kier alpha value is -2.87. The first kappa shape index (κ1) is 18.9. The van der Waals surface area contributed by atoms with Crippen LogP contribution in [-0.2, 0) is 0 Å². The van der Waals surface area contributed by atoms with Crippen LogP contribution in [0.1, 0.15) is 16.8 Å². The Morgan fingerprint density at radius 1 is 1.00 bits per heavy atom. The van der Waals surface area contributed by atoms with Crippen LogP contribution in [0.5, 0.6) is 0 Å². The zero-order chi connectivity index (χ0) is 19.4. The lowest BCUT2D eigenvalue weighted by atomic mass is 10.1. The molecule has 0 saturated carbocycles. The number of hydrogen-bond donors (Lipinski definition) is 0. The summed E-state index contributed by atoms with van der Waals surface area (Å²) >= 11 is 0. The molecule has 0 spiro atoms. The number of halogens is 2.